The summed E-state index contributed by atoms with van der Waals surface area (Å²) in [5.74, 6) is -1.02. The Morgan fingerprint density at radius 3 is 2.78 bits per heavy atom. The first-order valence-corrected chi connectivity index (χ1v) is 8.18. The second kappa shape index (κ2) is 7.36. The number of carbonyl (C=O) groups excluding carboxylic acids is 1. The number of unbranched alkanes of at least 4 members (excludes halogenated alkanes) is 2. The summed E-state index contributed by atoms with van der Waals surface area (Å²) in [6.45, 7) is 2.24. The molecule has 2 heterocycles. The molecule has 0 atom stereocenters. The molecule has 0 saturated carbocycles. The molecule has 2 aromatic heterocycles. The lowest BCUT2D eigenvalue weighted by molar-refractivity contribution is -0.137. The number of thiophene rings is 1. The Labute approximate surface area is 137 Å². The fraction of sp³-hybridized carbons (Fsp3) is 0.467. The zero-order chi connectivity index (χ0) is 17.0. The van der Waals surface area contributed by atoms with E-state index in [1.807, 2.05) is 0 Å². The molecule has 2 rings (SSSR count). The Hall–Kier alpha value is -2.22. The van der Waals surface area contributed by atoms with Gasteiger partial charge in [-0.1, -0.05) is 6.42 Å². The van der Waals surface area contributed by atoms with Crippen molar-refractivity contribution in [3.05, 3.63) is 27.1 Å². The Morgan fingerprint density at radius 1 is 1.35 bits per heavy atom. The Bertz CT molecular complexity index is 794. The number of carbonyl (C=O) groups is 2. The van der Waals surface area contributed by atoms with Crippen LogP contribution in [0.5, 0.6) is 0 Å². The molecule has 0 aliphatic heterocycles. The summed E-state index contributed by atoms with van der Waals surface area (Å²) in [5, 5.41) is 11.8. The van der Waals surface area contributed by atoms with Gasteiger partial charge in [-0.15, -0.1) is 11.3 Å². The third-order valence-electron chi connectivity index (χ3n) is 3.57. The number of nitrogens with one attached hydrogen (secondary N) is 1. The van der Waals surface area contributed by atoms with Crippen molar-refractivity contribution in [3.8, 4) is 0 Å². The van der Waals surface area contributed by atoms with Crippen molar-refractivity contribution in [1.82, 2.24) is 14.9 Å². The number of rotatable bonds is 7. The van der Waals surface area contributed by atoms with Gasteiger partial charge in [-0.2, -0.15) is 0 Å². The summed E-state index contributed by atoms with van der Waals surface area (Å²) in [5.41, 5.74) is 0.499. The average molecular weight is 337 g/mol. The molecule has 0 bridgehead atoms. The molecule has 0 fully saturated rings. The van der Waals surface area contributed by atoms with Gasteiger partial charge in [-0.25, -0.2) is 4.98 Å². The van der Waals surface area contributed by atoms with Gasteiger partial charge in [0.25, 0.3) is 11.5 Å². The number of carboxylic acids is 1. The average Bonchev–Trinajstić information content (AvgIpc) is 2.84. The Morgan fingerprint density at radius 2 is 2.09 bits per heavy atom. The van der Waals surface area contributed by atoms with E-state index in [9.17, 15) is 14.4 Å². The van der Waals surface area contributed by atoms with Gasteiger partial charge in [0.1, 0.15) is 4.83 Å². The number of hydrogen-bond donors (Lipinski definition) is 2. The van der Waals surface area contributed by atoms with E-state index in [4.69, 9.17) is 5.11 Å². The van der Waals surface area contributed by atoms with Crippen molar-refractivity contribution < 1.29 is 14.7 Å². The minimum absolute atomic E-state index is 0.151. The van der Waals surface area contributed by atoms with Crippen LogP contribution in [0.2, 0.25) is 0 Å². The van der Waals surface area contributed by atoms with Gasteiger partial charge in [-0.3, -0.25) is 14.4 Å². The van der Waals surface area contributed by atoms with Gasteiger partial charge in [-0.05, 0) is 25.3 Å². The predicted molar refractivity (Wildman–Crippen MR) is 88.0 cm³/mol. The summed E-state index contributed by atoms with van der Waals surface area (Å²) in [6.07, 6.45) is 3.68. The van der Waals surface area contributed by atoms with Gasteiger partial charge in [0.15, 0.2) is 0 Å². The van der Waals surface area contributed by atoms with E-state index < -0.39 is 5.97 Å². The van der Waals surface area contributed by atoms with Crippen LogP contribution in [0.15, 0.2) is 11.1 Å². The highest BCUT2D eigenvalue weighted by atomic mass is 32.1. The lowest BCUT2D eigenvalue weighted by Gasteiger charge is -2.04. The molecule has 0 saturated heterocycles. The molecule has 7 nitrogen and oxygen atoms in total. The van der Waals surface area contributed by atoms with Crippen molar-refractivity contribution in [1.29, 1.82) is 0 Å². The van der Waals surface area contributed by atoms with Crippen molar-refractivity contribution in [3.63, 3.8) is 0 Å². The first kappa shape index (κ1) is 17.1. The van der Waals surface area contributed by atoms with Crippen LogP contribution in [-0.2, 0) is 11.8 Å². The van der Waals surface area contributed by atoms with Crippen LogP contribution in [0.25, 0.3) is 10.2 Å². The van der Waals surface area contributed by atoms with Crippen molar-refractivity contribution in [2.24, 2.45) is 7.05 Å². The van der Waals surface area contributed by atoms with Crippen LogP contribution in [0.1, 0.15) is 40.9 Å². The summed E-state index contributed by atoms with van der Waals surface area (Å²) in [4.78, 5) is 40.0. The standard InChI is InChI=1S/C15H19N3O4S/c1-9-11-14(17-8-18(2)15(11)22)23-12(9)13(21)16-7-5-3-4-6-10(19)20/h8H,3-7H2,1-2H3,(H,16,21)(H,19,20). The summed E-state index contributed by atoms with van der Waals surface area (Å²) in [7, 11) is 1.63. The van der Waals surface area contributed by atoms with E-state index in [0.717, 1.165) is 12.8 Å². The highest BCUT2D eigenvalue weighted by Gasteiger charge is 2.18. The largest absolute Gasteiger partial charge is 0.481 e. The second-order valence-corrected chi connectivity index (χ2v) is 6.36. The smallest absolute Gasteiger partial charge is 0.303 e. The number of carboxylic acid groups (broad SMARTS) is 1. The maximum atomic E-state index is 12.2. The minimum Gasteiger partial charge on any atom is -0.481 e. The summed E-state index contributed by atoms with van der Waals surface area (Å²) < 4.78 is 1.40. The minimum atomic E-state index is -0.802. The van der Waals surface area contributed by atoms with E-state index in [2.05, 4.69) is 10.3 Å². The fourth-order valence-electron chi connectivity index (χ4n) is 2.29. The third kappa shape index (κ3) is 3.95. The Kier molecular flexibility index (Phi) is 5.49. The van der Waals surface area contributed by atoms with Crippen LogP contribution >= 0.6 is 11.3 Å². The molecule has 2 N–H and O–H groups in total. The van der Waals surface area contributed by atoms with Crippen LogP contribution in [0, 0.1) is 6.92 Å². The van der Waals surface area contributed by atoms with Gasteiger partial charge < -0.3 is 15.0 Å². The van der Waals surface area contributed by atoms with Crippen molar-refractivity contribution in [2.45, 2.75) is 32.6 Å². The number of hydrogen-bond acceptors (Lipinski definition) is 5. The summed E-state index contributed by atoms with van der Waals surface area (Å²) >= 11 is 1.21. The third-order valence-corrected chi connectivity index (χ3v) is 4.77. The molecule has 0 unspecified atom stereocenters. The first-order valence-electron chi connectivity index (χ1n) is 7.36. The normalized spacial score (nSPS) is 10.9. The van der Waals surface area contributed by atoms with Gasteiger partial charge in [0.2, 0.25) is 0 Å². The molecule has 8 heteroatoms. The maximum Gasteiger partial charge on any atom is 0.303 e. The van der Waals surface area contributed by atoms with Crippen LogP contribution in [0.3, 0.4) is 0 Å². The molecular formula is C15H19N3O4S. The second-order valence-electron chi connectivity index (χ2n) is 5.36. The molecular weight excluding hydrogens is 318 g/mol. The van der Waals surface area contributed by atoms with E-state index in [1.165, 1.54) is 22.2 Å². The number of aliphatic carboxylic acids is 1. The van der Waals surface area contributed by atoms with E-state index in [0.29, 0.717) is 33.6 Å². The number of aryl methyl sites for hydroxylation is 2. The quantitative estimate of drug-likeness (QED) is 0.749. The zero-order valence-electron chi connectivity index (χ0n) is 13.1. The SMILES string of the molecule is Cc1c(C(=O)NCCCCCC(=O)O)sc2ncn(C)c(=O)c12. The van der Waals surface area contributed by atoms with Crippen LogP contribution < -0.4 is 10.9 Å². The van der Waals surface area contributed by atoms with Gasteiger partial charge in [0, 0.05) is 20.0 Å². The van der Waals surface area contributed by atoms with E-state index >= 15 is 0 Å². The predicted octanol–water partition coefficient (Wildman–Crippen LogP) is 1.68. The number of nitrogens with zero attached hydrogens (tertiary/aromatic N) is 2. The van der Waals surface area contributed by atoms with Gasteiger partial charge in [0.05, 0.1) is 16.6 Å². The molecule has 0 spiro atoms. The molecule has 1 amide bonds. The van der Waals surface area contributed by atoms with Crippen LogP contribution in [0.4, 0.5) is 0 Å². The van der Waals surface area contributed by atoms with Gasteiger partial charge >= 0.3 is 5.97 Å². The Balaban J connectivity index is 1.99. The molecule has 0 aliphatic carbocycles. The highest BCUT2D eigenvalue weighted by Crippen LogP contribution is 2.26. The lowest BCUT2D eigenvalue weighted by atomic mass is 10.2. The topological polar surface area (TPSA) is 101 Å². The van der Waals surface area contributed by atoms with E-state index in [1.54, 1.807) is 14.0 Å². The highest BCUT2D eigenvalue weighted by molar-refractivity contribution is 7.20. The molecule has 2 aromatic rings. The van der Waals surface area contributed by atoms with E-state index in [-0.39, 0.29) is 17.9 Å². The first-order chi connectivity index (χ1) is 10.9. The number of aromatic nitrogens is 2. The number of fused-ring (bicyclic) bond motifs is 1. The fourth-order valence-corrected chi connectivity index (χ4v) is 3.34. The van der Waals surface area contributed by atoms with Crippen molar-refractivity contribution in [2.75, 3.05) is 6.54 Å². The zero-order valence-corrected chi connectivity index (χ0v) is 13.9. The molecule has 0 radical (unpaired) electrons. The summed E-state index contributed by atoms with van der Waals surface area (Å²) in [6, 6.07) is 0. The number of amides is 1. The molecule has 0 aliphatic rings. The molecule has 124 valence electrons. The monoisotopic (exact) mass is 337 g/mol. The lowest BCUT2D eigenvalue weighted by Crippen LogP contribution is -2.24. The van der Waals surface area contributed by atoms with Crippen LogP contribution in [-0.4, -0.2) is 33.1 Å². The molecule has 0 aromatic carbocycles. The van der Waals surface area contributed by atoms with Crippen molar-refractivity contribution >= 4 is 33.4 Å². The maximum absolute atomic E-state index is 12.2. The molecule has 23 heavy (non-hydrogen) atoms.